The molecule has 1 aromatic carbocycles. The lowest BCUT2D eigenvalue weighted by Gasteiger charge is -2.17. The van der Waals surface area contributed by atoms with Gasteiger partial charge in [-0.1, -0.05) is 0 Å². The predicted molar refractivity (Wildman–Crippen MR) is 74.3 cm³/mol. The van der Waals surface area contributed by atoms with Gasteiger partial charge < -0.3 is 24.3 Å². The van der Waals surface area contributed by atoms with Crippen molar-refractivity contribution in [2.75, 3.05) is 35.0 Å². The predicted octanol–water partition coefficient (Wildman–Crippen LogP) is 1.84. The fourth-order valence-electron chi connectivity index (χ4n) is 1.82. The fraction of sp³-hybridized carbons (Fsp3) is 0.571. The van der Waals surface area contributed by atoms with E-state index < -0.39 is 0 Å². The van der Waals surface area contributed by atoms with Crippen LogP contribution in [0.5, 0.6) is 17.2 Å². The normalized spacial score (nSPS) is 12.1. The number of hydrogen-bond donors (Lipinski definition) is 1. The van der Waals surface area contributed by atoms with Gasteiger partial charge in [0.2, 0.25) is 0 Å². The summed E-state index contributed by atoms with van der Waals surface area (Å²) < 4.78 is 21.0. The molecule has 1 aromatic rings. The van der Waals surface area contributed by atoms with Gasteiger partial charge in [0.1, 0.15) is 5.75 Å². The molecule has 0 aromatic heterocycles. The van der Waals surface area contributed by atoms with Crippen LogP contribution in [0.25, 0.3) is 0 Å². The van der Waals surface area contributed by atoms with Gasteiger partial charge in [-0.3, -0.25) is 0 Å². The first-order valence-corrected chi connectivity index (χ1v) is 6.17. The van der Waals surface area contributed by atoms with Gasteiger partial charge in [-0.15, -0.1) is 0 Å². The van der Waals surface area contributed by atoms with Gasteiger partial charge in [-0.2, -0.15) is 0 Å². The molecule has 0 bridgehead atoms. The lowest BCUT2D eigenvalue weighted by Crippen LogP contribution is -2.29. The summed E-state index contributed by atoms with van der Waals surface area (Å²) in [5.41, 5.74) is 1.02. The van der Waals surface area contributed by atoms with E-state index in [1.807, 2.05) is 12.1 Å². The van der Waals surface area contributed by atoms with Crippen molar-refractivity contribution in [3.63, 3.8) is 0 Å². The zero-order valence-corrected chi connectivity index (χ0v) is 12.3. The summed E-state index contributed by atoms with van der Waals surface area (Å²) in [5, 5.41) is 3.36. The summed E-state index contributed by atoms with van der Waals surface area (Å²) in [7, 11) is 6.56. The Hall–Kier alpha value is -1.46. The first-order chi connectivity index (χ1) is 9.15. The number of hydrogen-bond acceptors (Lipinski definition) is 5. The molecule has 0 spiro atoms. The molecule has 0 radical (unpaired) electrons. The van der Waals surface area contributed by atoms with E-state index >= 15 is 0 Å². The number of benzene rings is 1. The molecule has 5 nitrogen and oxygen atoms in total. The topological polar surface area (TPSA) is 49.0 Å². The van der Waals surface area contributed by atoms with Crippen LogP contribution in [0.2, 0.25) is 0 Å². The van der Waals surface area contributed by atoms with Crippen LogP contribution >= 0.6 is 0 Å². The summed E-state index contributed by atoms with van der Waals surface area (Å²) in [6.45, 7) is 3.40. The molecule has 0 unspecified atom stereocenters. The third-order valence-electron chi connectivity index (χ3n) is 2.84. The molecule has 1 N–H and O–H groups in total. The third kappa shape index (κ3) is 4.29. The molecule has 19 heavy (non-hydrogen) atoms. The highest BCUT2D eigenvalue weighted by Crippen LogP contribution is 2.34. The van der Waals surface area contributed by atoms with Crippen molar-refractivity contribution < 1.29 is 18.9 Å². The molecule has 0 aliphatic heterocycles. The van der Waals surface area contributed by atoms with E-state index in [-0.39, 0.29) is 6.04 Å². The molecular weight excluding hydrogens is 246 g/mol. The Morgan fingerprint density at radius 1 is 0.947 bits per heavy atom. The fourth-order valence-corrected chi connectivity index (χ4v) is 1.82. The van der Waals surface area contributed by atoms with Gasteiger partial charge in [-0.25, -0.2) is 0 Å². The summed E-state index contributed by atoms with van der Waals surface area (Å²) in [5.74, 6) is 2.13. The molecule has 0 saturated heterocycles. The summed E-state index contributed by atoms with van der Waals surface area (Å²) in [4.78, 5) is 0. The zero-order valence-electron chi connectivity index (χ0n) is 12.3. The standard InChI is InChI=1S/C14H23NO4/c1-10(9-16-2)15-8-11-6-13(18-4)14(19-5)7-12(11)17-3/h6-7,10,15H,8-9H2,1-5H3/t10-/m0/s1. The second kappa shape index (κ2) is 7.86. The van der Waals surface area contributed by atoms with E-state index in [2.05, 4.69) is 12.2 Å². The highest BCUT2D eigenvalue weighted by molar-refractivity contribution is 5.50. The van der Waals surface area contributed by atoms with Crippen LogP contribution in [0.3, 0.4) is 0 Å². The molecular formula is C14H23NO4. The SMILES string of the molecule is COC[C@H](C)NCc1cc(OC)c(OC)cc1OC. The maximum absolute atomic E-state index is 5.37. The Labute approximate surface area is 114 Å². The Morgan fingerprint density at radius 3 is 2.05 bits per heavy atom. The van der Waals surface area contributed by atoms with Crippen LogP contribution in [0.15, 0.2) is 12.1 Å². The maximum Gasteiger partial charge on any atom is 0.164 e. The average molecular weight is 269 g/mol. The van der Waals surface area contributed by atoms with Crippen molar-refractivity contribution in [2.24, 2.45) is 0 Å². The molecule has 0 amide bonds. The van der Waals surface area contributed by atoms with Crippen molar-refractivity contribution in [1.82, 2.24) is 5.32 Å². The molecule has 0 saturated carbocycles. The van der Waals surface area contributed by atoms with E-state index in [0.717, 1.165) is 11.3 Å². The molecule has 0 aliphatic carbocycles. The largest absolute Gasteiger partial charge is 0.496 e. The molecule has 0 fully saturated rings. The second-order valence-electron chi connectivity index (χ2n) is 4.26. The Balaban J connectivity index is 2.86. The lowest BCUT2D eigenvalue weighted by molar-refractivity contribution is 0.171. The van der Waals surface area contributed by atoms with Gasteiger partial charge in [0.05, 0.1) is 27.9 Å². The van der Waals surface area contributed by atoms with Crippen molar-refractivity contribution >= 4 is 0 Å². The van der Waals surface area contributed by atoms with E-state index in [4.69, 9.17) is 18.9 Å². The minimum absolute atomic E-state index is 0.266. The monoisotopic (exact) mass is 269 g/mol. The van der Waals surface area contributed by atoms with E-state index in [9.17, 15) is 0 Å². The highest BCUT2D eigenvalue weighted by Gasteiger charge is 2.12. The minimum Gasteiger partial charge on any atom is -0.496 e. The number of ether oxygens (including phenoxy) is 4. The lowest BCUT2D eigenvalue weighted by atomic mass is 10.1. The minimum atomic E-state index is 0.266. The van der Waals surface area contributed by atoms with E-state index in [1.54, 1.807) is 28.4 Å². The molecule has 0 heterocycles. The molecule has 5 heteroatoms. The smallest absolute Gasteiger partial charge is 0.164 e. The average Bonchev–Trinajstić information content (AvgIpc) is 2.44. The van der Waals surface area contributed by atoms with Crippen molar-refractivity contribution in [2.45, 2.75) is 19.5 Å². The van der Waals surface area contributed by atoms with Crippen LogP contribution in [-0.4, -0.2) is 41.1 Å². The first kappa shape index (κ1) is 15.6. The van der Waals surface area contributed by atoms with Crippen LogP contribution < -0.4 is 19.5 Å². The molecule has 0 aliphatic rings. The Bertz CT molecular complexity index is 395. The van der Waals surface area contributed by atoms with Crippen LogP contribution in [0.1, 0.15) is 12.5 Å². The van der Waals surface area contributed by atoms with E-state index in [0.29, 0.717) is 24.7 Å². The van der Waals surface area contributed by atoms with Gasteiger partial charge >= 0.3 is 0 Å². The summed E-state index contributed by atoms with van der Waals surface area (Å²) >= 11 is 0. The highest BCUT2D eigenvalue weighted by atomic mass is 16.5. The Morgan fingerprint density at radius 2 is 1.53 bits per heavy atom. The third-order valence-corrected chi connectivity index (χ3v) is 2.84. The van der Waals surface area contributed by atoms with Gasteiger partial charge in [0.25, 0.3) is 0 Å². The van der Waals surface area contributed by atoms with Gasteiger partial charge in [0, 0.05) is 31.3 Å². The zero-order chi connectivity index (χ0) is 14.3. The first-order valence-electron chi connectivity index (χ1n) is 6.17. The van der Waals surface area contributed by atoms with Crippen LogP contribution in [0, 0.1) is 0 Å². The van der Waals surface area contributed by atoms with Crippen LogP contribution in [0.4, 0.5) is 0 Å². The van der Waals surface area contributed by atoms with Crippen molar-refractivity contribution in [3.05, 3.63) is 17.7 Å². The van der Waals surface area contributed by atoms with E-state index in [1.165, 1.54) is 0 Å². The van der Waals surface area contributed by atoms with Gasteiger partial charge in [0.15, 0.2) is 11.5 Å². The summed E-state index contributed by atoms with van der Waals surface area (Å²) in [6, 6.07) is 4.02. The summed E-state index contributed by atoms with van der Waals surface area (Å²) in [6.07, 6.45) is 0. The maximum atomic E-state index is 5.37. The second-order valence-corrected chi connectivity index (χ2v) is 4.26. The Kier molecular flexibility index (Phi) is 6.45. The number of methoxy groups -OCH3 is 4. The number of rotatable bonds is 8. The molecule has 1 rings (SSSR count). The quantitative estimate of drug-likeness (QED) is 0.780. The van der Waals surface area contributed by atoms with Crippen molar-refractivity contribution in [3.8, 4) is 17.2 Å². The van der Waals surface area contributed by atoms with Crippen molar-refractivity contribution in [1.29, 1.82) is 0 Å². The molecule has 1 atom stereocenters. The number of nitrogens with one attached hydrogen (secondary N) is 1. The molecule has 108 valence electrons. The van der Waals surface area contributed by atoms with Crippen LogP contribution in [-0.2, 0) is 11.3 Å². The van der Waals surface area contributed by atoms with Gasteiger partial charge in [-0.05, 0) is 13.0 Å².